The number of nitrogens with zero attached hydrogens (tertiary/aromatic N) is 1. The average Bonchev–Trinajstić information content (AvgIpc) is 2.09. The monoisotopic (exact) mass is 219 g/mol. The number of rotatable bonds is 2. The van der Waals surface area contributed by atoms with E-state index >= 15 is 0 Å². The molecule has 0 aromatic carbocycles. The van der Waals surface area contributed by atoms with Crippen LogP contribution in [0.1, 0.15) is 25.7 Å². The number of carbonyl (C=O) groups excluding carboxylic acids is 1. The van der Waals surface area contributed by atoms with Gasteiger partial charge in [-0.2, -0.15) is 8.42 Å². The molecule has 1 rings (SSSR count). The molecule has 0 aromatic heterocycles. The van der Waals surface area contributed by atoms with E-state index in [1.54, 1.807) is 0 Å². The minimum Gasteiger partial charge on any atom is -0.309 e. The van der Waals surface area contributed by atoms with Crippen LogP contribution in [0.5, 0.6) is 0 Å². The quantitative estimate of drug-likeness (QED) is 0.684. The lowest BCUT2D eigenvalue weighted by Gasteiger charge is -2.23. The molecular weight excluding hydrogens is 202 g/mol. The van der Waals surface area contributed by atoms with Crippen molar-refractivity contribution in [2.45, 2.75) is 25.7 Å². The lowest BCUT2D eigenvalue weighted by atomic mass is 9.88. The zero-order valence-corrected chi connectivity index (χ0v) is 9.51. The van der Waals surface area contributed by atoms with Gasteiger partial charge < -0.3 is 4.90 Å². The van der Waals surface area contributed by atoms with Crippen molar-refractivity contribution in [1.82, 2.24) is 4.90 Å². The van der Waals surface area contributed by atoms with E-state index in [1.165, 1.54) is 6.42 Å². The molecule has 0 bridgehead atoms. The van der Waals surface area contributed by atoms with Gasteiger partial charge in [-0.15, -0.1) is 0 Å². The summed E-state index contributed by atoms with van der Waals surface area (Å²) in [5.41, 5.74) is 0. The highest BCUT2D eigenvalue weighted by atomic mass is 32.1. The van der Waals surface area contributed by atoms with Gasteiger partial charge in [-0.1, -0.05) is 6.42 Å². The fourth-order valence-corrected chi connectivity index (χ4v) is 1.69. The van der Waals surface area contributed by atoms with Gasteiger partial charge in [0.1, 0.15) is 5.78 Å². The molecule has 0 N–H and O–H groups in total. The van der Waals surface area contributed by atoms with Crippen molar-refractivity contribution in [2.75, 3.05) is 20.6 Å². The maximum atomic E-state index is 11.3. The van der Waals surface area contributed by atoms with Crippen LogP contribution in [-0.2, 0) is 16.4 Å². The van der Waals surface area contributed by atoms with Gasteiger partial charge in [0.15, 0.2) is 0 Å². The third-order valence-corrected chi connectivity index (χ3v) is 2.27. The van der Waals surface area contributed by atoms with E-state index in [1.807, 2.05) is 14.1 Å². The SMILES string of the molecule is CN(C)CC1CCCCC1=O.O=S=O. The van der Waals surface area contributed by atoms with Gasteiger partial charge in [0.25, 0.3) is 0 Å². The second-order valence-corrected chi connectivity index (χ2v) is 3.88. The van der Waals surface area contributed by atoms with Crippen LogP contribution in [0.3, 0.4) is 0 Å². The van der Waals surface area contributed by atoms with Gasteiger partial charge in [-0.3, -0.25) is 4.79 Å². The number of Topliss-reactive ketones (excluding diaryl/α,β-unsaturated/α-hetero) is 1. The summed E-state index contributed by atoms with van der Waals surface area (Å²) in [6.07, 6.45) is 4.28. The zero-order chi connectivity index (χ0) is 11.0. The van der Waals surface area contributed by atoms with E-state index in [4.69, 9.17) is 8.42 Å². The van der Waals surface area contributed by atoms with Crippen LogP contribution >= 0.6 is 0 Å². The van der Waals surface area contributed by atoms with Gasteiger partial charge in [0.05, 0.1) is 0 Å². The highest BCUT2D eigenvalue weighted by molar-refractivity contribution is 7.51. The highest BCUT2D eigenvalue weighted by Gasteiger charge is 2.21. The predicted octanol–water partition coefficient (Wildman–Crippen LogP) is 0.637. The smallest absolute Gasteiger partial charge is 0.309 e. The lowest BCUT2D eigenvalue weighted by Crippen LogP contribution is -2.29. The third-order valence-electron chi connectivity index (χ3n) is 2.27. The van der Waals surface area contributed by atoms with Crippen LogP contribution in [0.25, 0.3) is 0 Å². The molecular formula is C9H17NO3S. The van der Waals surface area contributed by atoms with Crippen molar-refractivity contribution >= 4 is 17.4 Å². The van der Waals surface area contributed by atoms with Gasteiger partial charge >= 0.3 is 11.6 Å². The van der Waals surface area contributed by atoms with E-state index in [-0.39, 0.29) is 0 Å². The first-order valence-electron chi connectivity index (χ1n) is 4.71. The fraction of sp³-hybridized carbons (Fsp3) is 0.889. The average molecular weight is 219 g/mol. The molecule has 0 heterocycles. The maximum absolute atomic E-state index is 11.3. The Bertz CT molecular complexity index is 212. The van der Waals surface area contributed by atoms with Crippen LogP contribution in [0, 0.1) is 5.92 Å². The minimum absolute atomic E-state index is 0.332. The summed E-state index contributed by atoms with van der Waals surface area (Å²) in [5.74, 6) is 0.809. The predicted molar refractivity (Wildman–Crippen MR) is 54.4 cm³/mol. The molecule has 0 amide bonds. The third kappa shape index (κ3) is 5.99. The van der Waals surface area contributed by atoms with E-state index in [2.05, 4.69) is 4.90 Å². The molecule has 14 heavy (non-hydrogen) atoms. The van der Waals surface area contributed by atoms with Crippen molar-refractivity contribution in [1.29, 1.82) is 0 Å². The number of hydrogen-bond donors (Lipinski definition) is 0. The number of carbonyl (C=O) groups is 1. The van der Waals surface area contributed by atoms with E-state index in [0.717, 1.165) is 25.8 Å². The maximum Gasteiger partial charge on any atom is 0.335 e. The molecule has 0 radical (unpaired) electrons. The van der Waals surface area contributed by atoms with E-state index in [9.17, 15) is 4.79 Å². The summed E-state index contributed by atoms with van der Waals surface area (Å²) in [5, 5.41) is 0. The first-order chi connectivity index (χ1) is 6.61. The Balaban J connectivity index is 0.000000500. The van der Waals surface area contributed by atoms with Gasteiger partial charge in [-0.25, -0.2) is 0 Å². The summed E-state index contributed by atoms with van der Waals surface area (Å²) in [7, 11) is 4.06. The van der Waals surface area contributed by atoms with Crippen molar-refractivity contribution < 1.29 is 13.2 Å². The Morgan fingerprint density at radius 1 is 1.36 bits per heavy atom. The Kier molecular flexibility index (Phi) is 7.51. The minimum atomic E-state index is -0.750. The van der Waals surface area contributed by atoms with Gasteiger partial charge in [0, 0.05) is 18.9 Å². The van der Waals surface area contributed by atoms with Crippen molar-refractivity contribution in [3.8, 4) is 0 Å². The van der Waals surface area contributed by atoms with Crippen LogP contribution in [0.2, 0.25) is 0 Å². The summed E-state index contributed by atoms with van der Waals surface area (Å²) in [4.78, 5) is 13.4. The summed E-state index contributed by atoms with van der Waals surface area (Å²) < 4.78 is 16.6. The lowest BCUT2D eigenvalue weighted by molar-refractivity contribution is -0.125. The highest BCUT2D eigenvalue weighted by Crippen LogP contribution is 2.20. The van der Waals surface area contributed by atoms with Crippen molar-refractivity contribution in [2.24, 2.45) is 5.92 Å². The van der Waals surface area contributed by atoms with E-state index < -0.39 is 11.6 Å². The molecule has 1 aliphatic rings. The Labute approximate surface area is 88.3 Å². The Hall–Kier alpha value is -0.550. The zero-order valence-electron chi connectivity index (χ0n) is 8.69. The molecule has 5 heteroatoms. The summed E-state index contributed by atoms with van der Waals surface area (Å²) in [6, 6.07) is 0. The summed E-state index contributed by atoms with van der Waals surface area (Å²) >= 11 is -0.750. The molecule has 0 saturated heterocycles. The van der Waals surface area contributed by atoms with Crippen molar-refractivity contribution in [3.05, 3.63) is 0 Å². The molecule has 1 atom stereocenters. The van der Waals surface area contributed by atoms with Crippen LogP contribution in [0.4, 0.5) is 0 Å². The molecule has 1 fully saturated rings. The van der Waals surface area contributed by atoms with Crippen LogP contribution in [-0.4, -0.2) is 39.7 Å². The van der Waals surface area contributed by atoms with E-state index in [0.29, 0.717) is 11.7 Å². The number of hydrogen-bond acceptors (Lipinski definition) is 4. The standard InChI is InChI=1S/C9H17NO.O2S/c1-10(2)7-8-5-3-4-6-9(8)11;1-3-2/h8H,3-7H2,1-2H3;. The van der Waals surface area contributed by atoms with Gasteiger partial charge in [0.2, 0.25) is 0 Å². The summed E-state index contributed by atoms with van der Waals surface area (Å²) in [6.45, 7) is 0.943. The molecule has 1 unspecified atom stereocenters. The first kappa shape index (κ1) is 13.4. The van der Waals surface area contributed by atoms with Crippen molar-refractivity contribution in [3.63, 3.8) is 0 Å². The molecule has 4 nitrogen and oxygen atoms in total. The normalized spacial score (nSPS) is 21.4. The molecule has 1 saturated carbocycles. The molecule has 82 valence electrons. The topological polar surface area (TPSA) is 54.5 Å². The number of ketones is 1. The fourth-order valence-electron chi connectivity index (χ4n) is 1.69. The Morgan fingerprint density at radius 3 is 2.36 bits per heavy atom. The Morgan fingerprint density at radius 2 is 1.93 bits per heavy atom. The molecule has 0 aliphatic heterocycles. The second kappa shape index (κ2) is 7.82. The largest absolute Gasteiger partial charge is 0.335 e. The van der Waals surface area contributed by atoms with Crippen LogP contribution in [0.15, 0.2) is 0 Å². The molecule has 0 spiro atoms. The first-order valence-corrected chi connectivity index (χ1v) is 5.37. The second-order valence-electron chi connectivity index (χ2n) is 3.74. The van der Waals surface area contributed by atoms with Gasteiger partial charge in [-0.05, 0) is 26.9 Å². The van der Waals surface area contributed by atoms with Crippen LogP contribution < -0.4 is 0 Å². The molecule has 0 aromatic rings. The molecule has 1 aliphatic carbocycles.